The first-order chi connectivity index (χ1) is 10.7. The zero-order valence-corrected chi connectivity index (χ0v) is 14.3. The highest BCUT2D eigenvalue weighted by Crippen LogP contribution is 2.21. The van der Waals surface area contributed by atoms with E-state index in [1.165, 1.54) is 19.6 Å². The van der Waals surface area contributed by atoms with E-state index in [4.69, 9.17) is 4.74 Å². The van der Waals surface area contributed by atoms with E-state index in [2.05, 4.69) is 22.1 Å². The Kier molecular flexibility index (Phi) is 6.36. The van der Waals surface area contributed by atoms with E-state index in [1.807, 2.05) is 17.8 Å². The van der Waals surface area contributed by atoms with Crippen LogP contribution in [0.15, 0.2) is 23.2 Å². The molecule has 4 nitrogen and oxygen atoms in total. The molecule has 1 heterocycles. The molecule has 1 aromatic carbocycles. The topological polar surface area (TPSA) is 36.9 Å². The minimum absolute atomic E-state index is 0.270. The number of nitrogens with zero attached hydrogens (tertiary/aromatic N) is 2. The molecule has 1 aliphatic heterocycles. The van der Waals surface area contributed by atoms with Gasteiger partial charge in [0.05, 0.1) is 7.11 Å². The van der Waals surface area contributed by atoms with Gasteiger partial charge in [0, 0.05) is 37.7 Å². The predicted octanol–water partition coefficient (Wildman–Crippen LogP) is 2.74. The lowest BCUT2D eigenvalue weighted by molar-refractivity contribution is 0.386. The van der Waals surface area contributed by atoms with Crippen LogP contribution in [-0.2, 0) is 6.54 Å². The highest BCUT2D eigenvalue weighted by atomic mass is 32.2. The third-order valence-electron chi connectivity index (χ3n) is 3.77. The van der Waals surface area contributed by atoms with Crippen molar-refractivity contribution in [3.8, 4) is 5.75 Å². The number of hydrogen-bond acceptors (Lipinski definition) is 3. The second-order valence-corrected chi connectivity index (χ2v) is 6.62. The van der Waals surface area contributed by atoms with Gasteiger partial charge in [-0.3, -0.25) is 4.99 Å². The van der Waals surface area contributed by atoms with Gasteiger partial charge in [0.1, 0.15) is 0 Å². The minimum atomic E-state index is -0.336. The van der Waals surface area contributed by atoms with Crippen molar-refractivity contribution in [2.45, 2.75) is 25.1 Å². The third kappa shape index (κ3) is 4.29. The summed E-state index contributed by atoms with van der Waals surface area (Å²) in [6.07, 6.45) is 1.17. The standard InChI is InChI=1S/C16H24FN3OS/c1-4-13-11-20(7-8-22-13)16(18-2)19-10-12-5-6-15(21-3)14(17)9-12/h5-6,9,13H,4,7-8,10-11H2,1-3H3,(H,18,19). The monoisotopic (exact) mass is 325 g/mol. The molecule has 1 N–H and O–H groups in total. The zero-order chi connectivity index (χ0) is 15.9. The highest BCUT2D eigenvalue weighted by molar-refractivity contribution is 8.00. The average Bonchev–Trinajstić information content (AvgIpc) is 2.56. The molecule has 0 amide bonds. The number of hydrogen-bond donors (Lipinski definition) is 1. The Morgan fingerprint density at radius 1 is 1.55 bits per heavy atom. The van der Waals surface area contributed by atoms with Crippen molar-refractivity contribution in [2.75, 3.05) is 33.0 Å². The van der Waals surface area contributed by atoms with Crippen molar-refractivity contribution in [1.82, 2.24) is 10.2 Å². The van der Waals surface area contributed by atoms with Crippen LogP contribution in [0.25, 0.3) is 0 Å². The fraction of sp³-hybridized carbons (Fsp3) is 0.562. The molecule has 0 saturated carbocycles. The number of guanidine groups is 1. The van der Waals surface area contributed by atoms with Gasteiger partial charge in [-0.1, -0.05) is 13.0 Å². The largest absolute Gasteiger partial charge is 0.494 e. The molecule has 1 atom stereocenters. The molecule has 1 aromatic rings. The summed E-state index contributed by atoms with van der Waals surface area (Å²) in [5, 5.41) is 3.98. The first-order valence-electron chi connectivity index (χ1n) is 7.57. The summed E-state index contributed by atoms with van der Waals surface area (Å²) in [6.45, 7) is 4.78. The van der Waals surface area contributed by atoms with Gasteiger partial charge in [-0.25, -0.2) is 4.39 Å². The van der Waals surface area contributed by atoms with Crippen LogP contribution in [0.3, 0.4) is 0 Å². The molecule has 122 valence electrons. The van der Waals surface area contributed by atoms with Gasteiger partial charge in [-0.2, -0.15) is 11.8 Å². The molecule has 0 radical (unpaired) electrons. The van der Waals surface area contributed by atoms with Crippen LogP contribution in [0, 0.1) is 5.82 Å². The Hall–Kier alpha value is -1.43. The predicted molar refractivity (Wildman–Crippen MR) is 91.3 cm³/mol. The molecule has 0 aromatic heterocycles. The molecular weight excluding hydrogens is 301 g/mol. The fourth-order valence-corrected chi connectivity index (χ4v) is 3.67. The molecule has 1 aliphatic rings. The fourth-order valence-electron chi connectivity index (χ4n) is 2.49. The maximum absolute atomic E-state index is 13.7. The van der Waals surface area contributed by atoms with Crippen LogP contribution in [0.1, 0.15) is 18.9 Å². The second kappa shape index (κ2) is 8.27. The van der Waals surface area contributed by atoms with Crippen LogP contribution in [0.4, 0.5) is 4.39 Å². The average molecular weight is 325 g/mol. The Balaban J connectivity index is 1.95. The van der Waals surface area contributed by atoms with Crippen molar-refractivity contribution in [3.05, 3.63) is 29.6 Å². The smallest absolute Gasteiger partial charge is 0.193 e. The number of halogens is 1. The van der Waals surface area contributed by atoms with E-state index in [0.29, 0.717) is 11.8 Å². The number of benzene rings is 1. The minimum Gasteiger partial charge on any atom is -0.494 e. The third-order valence-corrected chi connectivity index (χ3v) is 5.14. The lowest BCUT2D eigenvalue weighted by Gasteiger charge is -2.34. The van der Waals surface area contributed by atoms with Crippen molar-refractivity contribution in [1.29, 1.82) is 0 Å². The summed E-state index contributed by atoms with van der Waals surface area (Å²) in [4.78, 5) is 6.64. The molecule has 1 fully saturated rings. The summed E-state index contributed by atoms with van der Waals surface area (Å²) < 4.78 is 18.6. The Morgan fingerprint density at radius 3 is 3.00 bits per heavy atom. The van der Waals surface area contributed by atoms with Crippen molar-refractivity contribution >= 4 is 17.7 Å². The van der Waals surface area contributed by atoms with Gasteiger partial charge < -0.3 is 15.0 Å². The number of aliphatic imine (C=N–C) groups is 1. The van der Waals surface area contributed by atoms with Crippen LogP contribution in [0.2, 0.25) is 0 Å². The Morgan fingerprint density at radius 2 is 2.36 bits per heavy atom. The molecule has 0 spiro atoms. The maximum atomic E-state index is 13.7. The van der Waals surface area contributed by atoms with E-state index in [-0.39, 0.29) is 11.6 Å². The normalized spacial score (nSPS) is 19.2. The summed E-state index contributed by atoms with van der Waals surface area (Å²) >= 11 is 2.03. The van der Waals surface area contributed by atoms with Gasteiger partial charge in [-0.05, 0) is 24.1 Å². The van der Waals surface area contributed by atoms with Gasteiger partial charge in [0.2, 0.25) is 0 Å². The van der Waals surface area contributed by atoms with E-state index >= 15 is 0 Å². The molecule has 2 rings (SSSR count). The highest BCUT2D eigenvalue weighted by Gasteiger charge is 2.21. The Bertz CT molecular complexity index is 524. The van der Waals surface area contributed by atoms with Gasteiger partial charge in [0.15, 0.2) is 17.5 Å². The van der Waals surface area contributed by atoms with Crippen LogP contribution in [0.5, 0.6) is 5.75 Å². The van der Waals surface area contributed by atoms with E-state index in [1.54, 1.807) is 13.1 Å². The van der Waals surface area contributed by atoms with Crippen LogP contribution in [-0.4, -0.2) is 49.1 Å². The molecule has 22 heavy (non-hydrogen) atoms. The molecule has 0 aliphatic carbocycles. The zero-order valence-electron chi connectivity index (χ0n) is 13.4. The molecular formula is C16H24FN3OS. The summed E-state index contributed by atoms with van der Waals surface area (Å²) in [7, 11) is 3.26. The van der Waals surface area contributed by atoms with Crippen molar-refractivity contribution in [2.24, 2.45) is 4.99 Å². The lowest BCUT2D eigenvalue weighted by atomic mass is 10.2. The quantitative estimate of drug-likeness (QED) is 0.682. The molecule has 0 bridgehead atoms. The number of rotatable bonds is 4. The summed E-state index contributed by atoms with van der Waals surface area (Å²) in [5.74, 6) is 1.94. The Labute approximate surface area is 136 Å². The number of ether oxygens (including phenoxy) is 1. The van der Waals surface area contributed by atoms with Crippen LogP contribution < -0.4 is 10.1 Å². The van der Waals surface area contributed by atoms with Gasteiger partial charge in [0.25, 0.3) is 0 Å². The maximum Gasteiger partial charge on any atom is 0.193 e. The van der Waals surface area contributed by atoms with E-state index in [9.17, 15) is 4.39 Å². The SMILES string of the molecule is CCC1CN(C(=NC)NCc2ccc(OC)c(F)c2)CCS1. The summed E-state index contributed by atoms with van der Waals surface area (Å²) in [6, 6.07) is 5.02. The van der Waals surface area contributed by atoms with E-state index in [0.717, 1.165) is 30.4 Å². The number of thioether (sulfide) groups is 1. The van der Waals surface area contributed by atoms with Gasteiger partial charge in [-0.15, -0.1) is 0 Å². The van der Waals surface area contributed by atoms with E-state index < -0.39 is 0 Å². The molecule has 1 unspecified atom stereocenters. The summed E-state index contributed by atoms with van der Waals surface area (Å²) in [5.41, 5.74) is 0.873. The van der Waals surface area contributed by atoms with Gasteiger partial charge >= 0.3 is 0 Å². The number of nitrogens with one attached hydrogen (secondary N) is 1. The lowest BCUT2D eigenvalue weighted by Crippen LogP contribution is -2.47. The first kappa shape index (κ1) is 16.9. The molecule has 6 heteroatoms. The van der Waals surface area contributed by atoms with Crippen molar-refractivity contribution < 1.29 is 9.13 Å². The number of methoxy groups -OCH3 is 1. The first-order valence-corrected chi connectivity index (χ1v) is 8.62. The molecule has 1 saturated heterocycles. The second-order valence-electron chi connectivity index (χ2n) is 5.22. The van der Waals surface area contributed by atoms with Crippen LogP contribution >= 0.6 is 11.8 Å². The van der Waals surface area contributed by atoms with Crippen molar-refractivity contribution in [3.63, 3.8) is 0 Å².